The summed E-state index contributed by atoms with van der Waals surface area (Å²) in [4.78, 5) is 2.59. The molecule has 2 unspecified atom stereocenters. The quantitative estimate of drug-likeness (QED) is 0.740. The van der Waals surface area contributed by atoms with Crippen molar-refractivity contribution in [1.82, 2.24) is 4.90 Å². The number of nitriles is 1. The summed E-state index contributed by atoms with van der Waals surface area (Å²) in [5.74, 6) is 2.77. The molecule has 3 aliphatic rings. The maximum Gasteiger partial charge on any atom is 0.0713 e. The average Bonchev–Trinajstić information content (AvgIpc) is 2.48. The van der Waals surface area contributed by atoms with Crippen molar-refractivity contribution in [1.29, 1.82) is 5.26 Å². The summed E-state index contributed by atoms with van der Waals surface area (Å²) < 4.78 is 6.18. The molecule has 4 heteroatoms. The van der Waals surface area contributed by atoms with Gasteiger partial charge in [0.1, 0.15) is 0 Å². The van der Waals surface area contributed by atoms with Crippen LogP contribution in [0.25, 0.3) is 0 Å². The molecule has 0 aromatic heterocycles. The van der Waals surface area contributed by atoms with Gasteiger partial charge in [0.05, 0.1) is 17.6 Å². The Kier molecular flexibility index (Phi) is 4.36. The first kappa shape index (κ1) is 13.7. The van der Waals surface area contributed by atoms with Gasteiger partial charge < -0.3 is 4.74 Å². The molecule has 3 saturated heterocycles. The molecule has 0 bridgehead atoms. The third-order valence-electron chi connectivity index (χ3n) is 5.02. The van der Waals surface area contributed by atoms with E-state index >= 15 is 0 Å². The van der Waals surface area contributed by atoms with E-state index in [9.17, 15) is 0 Å². The molecular weight excluding hydrogens is 256 g/mol. The minimum absolute atomic E-state index is 0.174. The Morgan fingerprint density at radius 1 is 1.26 bits per heavy atom. The Labute approximate surface area is 120 Å². The fraction of sp³-hybridized carbons (Fsp3) is 0.933. The zero-order chi connectivity index (χ0) is 13.1. The molecule has 0 saturated carbocycles. The van der Waals surface area contributed by atoms with E-state index in [2.05, 4.69) is 22.7 Å². The van der Waals surface area contributed by atoms with Crippen molar-refractivity contribution < 1.29 is 4.74 Å². The first-order valence-electron chi connectivity index (χ1n) is 7.67. The molecule has 3 rings (SSSR count). The number of ether oxygens (including phenoxy) is 1. The smallest absolute Gasteiger partial charge is 0.0713 e. The van der Waals surface area contributed by atoms with Gasteiger partial charge in [0.25, 0.3) is 0 Å². The van der Waals surface area contributed by atoms with Crippen LogP contribution in [0.2, 0.25) is 0 Å². The maximum absolute atomic E-state index is 9.15. The molecule has 3 heterocycles. The van der Waals surface area contributed by atoms with Gasteiger partial charge in [0, 0.05) is 19.2 Å². The lowest BCUT2D eigenvalue weighted by Gasteiger charge is -2.47. The van der Waals surface area contributed by atoms with Gasteiger partial charge >= 0.3 is 0 Å². The summed E-state index contributed by atoms with van der Waals surface area (Å²) in [5.41, 5.74) is 0.174. The van der Waals surface area contributed by atoms with Crippen molar-refractivity contribution in [3.8, 4) is 6.07 Å². The second kappa shape index (κ2) is 6.03. The molecule has 2 atom stereocenters. The van der Waals surface area contributed by atoms with Crippen LogP contribution in [0.5, 0.6) is 0 Å². The van der Waals surface area contributed by atoms with Gasteiger partial charge in [0.2, 0.25) is 0 Å². The highest BCUT2D eigenvalue weighted by molar-refractivity contribution is 7.99. The fourth-order valence-electron chi connectivity index (χ4n) is 3.85. The molecule has 0 aromatic carbocycles. The van der Waals surface area contributed by atoms with Gasteiger partial charge in [-0.1, -0.05) is 0 Å². The second-order valence-corrected chi connectivity index (χ2v) is 7.48. The SMILES string of the molecule is N#CC1CCCN(C2CCOC3(CCSCC3)C2)C1. The van der Waals surface area contributed by atoms with Crippen LogP contribution in [0.4, 0.5) is 0 Å². The van der Waals surface area contributed by atoms with E-state index < -0.39 is 0 Å². The average molecular weight is 280 g/mol. The van der Waals surface area contributed by atoms with Crippen molar-refractivity contribution in [2.24, 2.45) is 5.92 Å². The summed E-state index contributed by atoms with van der Waals surface area (Å²) in [6, 6.07) is 3.13. The van der Waals surface area contributed by atoms with E-state index in [4.69, 9.17) is 10.00 Å². The Hall–Kier alpha value is -0.240. The van der Waals surface area contributed by atoms with Crippen LogP contribution >= 0.6 is 11.8 Å². The number of hydrogen-bond donors (Lipinski definition) is 0. The molecule has 3 fully saturated rings. The van der Waals surface area contributed by atoms with Gasteiger partial charge in [-0.05, 0) is 56.6 Å². The summed E-state index contributed by atoms with van der Waals surface area (Å²) in [6.45, 7) is 3.10. The van der Waals surface area contributed by atoms with Gasteiger partial charge in [-0.25, -0.2) is 0 Å². The maximum atomic E-state index is 9.15. The van der Waals surface area contributed by atoms with Crippen LogP contribution in [-0.4, -0.2) is 47.7 Å². The molecule has 3 nitrogen and oxygen atoms in total. The first-order valence-corrected chi connectivity index (χ1v) is 8.82. The first-order chi connectivity index (χ1) is 9.31. The number of thioether (sulfide) groups is 1. The van der Waals surface area contributed by atoms with Crippen molar-refractivity contribution in [2.45, 2.75) is 50.2 Å². The number of likely N-dealkylation sites (tertiary alicyclic amines) is 1. The zero-order valence-corrected chi connectivity index (χ0v) is 12.5. The number of hydrogen-bond acceptors (Lipinski definition) is 4. The minimum atomic E-state index is 0.174. The molecule has 106 valence electrons. The molecule has 0 aliphatic carbocycles. The van der Waals surface area contributed by atoms with E-state index in [1.165, 1.54) is 43.7 Å². The van der Waals surface area contributed by atoms with E-state index in [1.54, 1.807) is 0 Å². The summed E-state index contributed by atoms with van der Waals surface area (Å²) in [6.07, 6.45) is 7.10. The molecule has 0 radical (unpaired) electrons. The van der Waals surface area contributed by atoms with Gasteiger partial charge in [-0.15, -0.1) is 0 Å². The lowest BCUT2D eigenvalue weighted by atomic mass is 9.84. The van der Waals surface area contributed by atoms with Crippen molar-refractivity contribution in [3.63, 3.8) is 0 Å². The van der Waals surface area contributed by atoms with E-state index in [0.717, 1.165) is 26.0 Å². The van der Waals surface area contributed by atoms with Crippen molar-refractivity contribution in [3.05, 3.63) is 0 Å². The number of nitrogens with zero attached hydrogens (tertiary/aromatic N) is 2. The van der Waals surface area contributed by atoms with Crippen molar-refractivity contribution >= 4 is 11.8 Å². The highest BCUT2D eigenvalue weighted by atomic mass is 32.2. The van der Waals surface area contributed by atoms with Crippen LogP contribution < -0.4 is 0 Å². The molecule has 3 aliphatic heterocycles. The lowest BCUT2D eigenvalue weighted by Crippen LogP contribution is -2.52. The van der Waals surface area contributed by atoms with E-state index in [1.807, 2.05) is 0 Å². The van der Waals surface area contributed by atoms with E-state index in [0.29, 0.717) is 6.04 Å². The summed E-state index contributed by atoms with van der Waals surface area (Å²) in [5, 5.41) is 9.15. The number of piperidine rings is 1. The molecule has 1 spiro atoms. The van der Waals surface area contributed by atoms with Crippen LogP contribution in [0.1, 0.15) is 38.5 Å². The van der Waals surface area contributed by atoms with Gasteiger partial charge in [-0.2, -0.15) is 17.0 Å². The summed E-state index contributed by atoms with van der Waals surface area (Å²) in [7, 11) is 0. The van der Waals surface area contributed by atoms with Crippen LogP contribution in [0, 0.1) is 17.2 Å². The van der Waals surface area contributed by atoms with Gasteiger partial charge in [-0.3, -0.25) is 4.90 Å². The largest absolute Gasteiger partial charge is 0.375 e. The fourth-order valence-corrected chi connectivity index (χ4v) is 5.09. The van der Waals surface area contributed by atoms with E-state index in [-0.39, 0.29) is 11.5 Å². The molecule has 0 N–H and O–H groups in total. The van der Waals surface area contributed by atoms with Crippen LogP contribution in [0.3, 0.4) is 0 Å². The Balaban J connectivity index is 1.63. The highest BCUT2D eigenvalue weighted by Crippen LogP contribution is 2.39. The topological polar surface area (TPSA) is 36.3 Å². The second-order valence-electron chi connectivity index (χ2n) is 6.25. The predicted molar refractivity (Wildman–Crippen MR) is 78.2 cm³/mol. The third kappa shape index (κ3) is 3.09. The van der Waals surface area contributed by atoms with Crippen LogP contribution in [-0.2, 0) is 4.74 Å². The number of rotatable bonds is 1. The predicted octanol–water partition coefficient (Wildman–Crippen LogP) is 2.67. The zero-order valence-electron chi connectivity index (χ0n) is 11.6. The highest BCUT2D eigenvalue weighted by Gasteiger charge is 2.41. The van der Waals surface area contributed by atoms with Gasteiger partial charge in [0.15, 0.2) is 0 Å². The molecule has 19 heavy (non-hydrogen) atoms. The Bertz CT molecular complexity index is 343. The Morgan fingerprint density at radius 3 is 2.89 bits per heavy atom. The summed E-state index contributed by atoms with van der Waals surface area (Å²) >= 11 is 2.07. The molecule has 0 amide bonds. The lowest BCUT2D eigenvalue weighted by molar-refractivity contribution is -0.113. The normalized spacial score (nSPS) is 35.9. The van der Waals surface area contributed by atoms with Crippen LogP contribution in [0.15, 0.2) is 0 Å². The van der Waals surface area contributed by atoms with Crippen molar-refractivity contribution in [2.75, 3.05) is 31.2 Å². The third-order valence-corrected chi connectivity index (χ3v) is 6.01. The standard InChI is InChI=1S/C15H24N2OS/c16-11-13-2-1-6-17(12-13)14-3-7-18-15(10-14)4-8-19-9-5-15/h13-14H,1-10,12H2. The monoisotopic (exact) mass is 280 g/mol. The molecule has 0 aromatic rings. The molecular formula is C15H24N2OS. The minimum Gasteiger partial charge on any atom is -0.375 e. The Morgan fingerprint density at radius 2 is 2.11 bits per heavy atom.